The number of aromatic hydroxyl groups is 1. The Bertz CT molecular complexity index is 1800. The number of hydrogen-bond acceptors (Lipinski definition) is 10. The van der Waals surface area contributed by atoms with Gasteiger partial charge in [-0.05, 0) is 61.4 Å². The van der Waals surface area contributed by atoms with Crippen molar-refractivity contribution in [1.82, 2.24) is 36.4 Å². The Hall–Kier alpha value is -5.03. The van der Waals surface area contributed by atoms with Crippen LogP contribution < -0.4 is 26.6 Å². The number of nitrogens with one attached hydrogen (secondary N) is 5. The SMILES string of the molecule is O=C1CCC(C(=O)N[C@H]2CSSC[C@@H](C(=O)N/C=C\c3ccc(O)cc3)NC(=O)[C@H](Cc3ccccc3)NC(=O)[C@@H]3CCCN3C(=O)[C@@H]3CCCN3C2=O)N1. The molecule has 0 spiro atoms. The molecule has 6 N–H and O–H groups in total. The van der Waals surface area contributed by atoms with Crippen molar-refractivity contribution < 1.29 is 38.7 Å². The first kappa shape index (κ1) is 39.7. The Morgan fingerprint density at radius 1 is 0.764 bits per heavy atom. The van der Waals surface area contributed by atoms with Crippen LogP contribution in [0.4, 0.5) is 0 Å². The van der Waals surface area contributed by atoms with E-state index in [1.165, 1.54) is 49.7 Å². The fraction of sp³-hybridized carbons (Fsp3) is 0.447. The number of rotatable bonds is 7. The summed E-state index contributed by atoms with van der Waals surface area (Å²) in [6.07, 6.45) is 5.55. The number of phenols is 1. The van der Waals surface area contributed by atoms with Crippen molar-refractivity contribution in [1.29, 1.82) is 0 Å². The minimum Gasteiger partial charge on any atom is -0.508 e. The third kappa shape index (κ3) is 10.2. The molecule has 292 valence electrons. The smallest absolute Gasteiger partial charge is 0.247 e. The van der Waals surface area contributed by atoms with Gasteiger partial charge in [0.25, 0.3) is 0 Å². The molecule has 7 amide bonds. The van der Waals surface area contributed by atoms with Crippen molar-refractivity contribution in [3.63, 3.8) is 0 Å². The Morgan fingerprint density at radius 2 is 1.45 bits per heavy atom. The molecule has 0 bridgehead atoms. The van der Waals surface area contributed by atoms with Gasteiger partial charge in [0.05, 0.1) is 0 Å². The lowest BCUT2D eigenvalue weighted by Crippen LogP contribution is -2.59. The quantitative estimate of drug-likeness (QED) is 0.218. The summed E-state index contributed by atoms with van der Waals surface area (Å²) in [6, 6.07) is 9.78. The van der Waals surface area contributed by atoms with E-state index in [2.05, 4.69) is 26.6 Å². The zero-order valence-corrected chi connectivity index (χ0v) is 31.7. The Kier molecular flexibility index (Phi) is 13.4. The van der Waals surface area contributed by atoms with Crippen LogP contribution >= 0.6 is 21.6 Å². The van der Waals surface area contributed by atoms with Crippen molar-refractivity contribution >= 4 is 69.0 Å². The molecule has 1 unspecified atom stereocenters. The summed E-state index contributed by atoms with van der Waals surface area (Å²) in [7, 11) is 2.43. The van der Waals surface area contributed by atoms with Gasteiger partial charge in [-0.1, -0.05) is 64.1 Å². The van der Waals surface area contributed by atoms with Gasteiger partial charge >= 0.3 is 0 Å². The molecule has 2 aromatic carbocycles. The predicted octanol–water partition coefficient (Wildman–Crippen LogP) is 0.832. The molecule has 2 aromatic rings. The monoisotopic (exact) mass is 791 g/mol. The molecule has 0 aliphatic carbocycles. The van der Waals surface area contributed by atoms with Gasteiger partial charge in [-0.2, -0.15) is 0 Å². The Labute approximate surface area is 326 Å². The number of benzene rings is 2. The van der Waals surface area contributed by atoms with Gasteiger partial charge in [0.1, 0.15) is 42.0 Å². The zero-order chi connectivity index (χ0) is 38.9. The minimum atomic E-state index is -1.09. The molecular formula is C38H45N7O8S2. The molecule has 55 heavy (non-hydrogen) atoms. The highest BCUT2D eigenvalue weighted by molar-refractivity contribution is 8.76. The molecule has 6 rings (SSSR count). The molecule has 17 heteroatoms. The summed E-state index contributed by atoms with van der Waals surface area (Å²) < 4.78 is 0. The van der Waals surface area contributed by atoms with E-state index < -0.39 is 65.8 Å². The summed E-state index contributed by atoms with van der Waals surface area (Å²) in [6.45, 7) is 0.598. The summed E-state index contributed by atoms with van der Waals surface area (Å²) >= 11 is 0. The summed E-state index contributed by atoms with van der Waals surface area (Å²) in [5.41, 5.74) is 1.49. The van der Waals surface area contributed by atoms with E-state index in [4.69, 9.17) is 0 Å². The molecule has 4 heterocycles. The number of carbonyl (C=O) groups is 7. The van der Waals surface area contributed by atoms with Crippen LogP contribution in [0.25, 0.3) is 6.08 Å². The van der Waals surface area contributed by atoms with Gasteiger partial charge in [-0.15, -0.1) is 0 Å². The molecule has 0 radical (unpaired) electrons. The van der Waals surface area contributed by atoms with Crippen molar-refractivity contribution in [2.45, 2.75) is 81.2 Å². The highest BCUT2D eigenvalue weighted by Gasteiger charge is 2.44. The molecule has 0 aromatic heterocycles. The maximum Gasteiger partial charge on any atom is 0.247 e. The van der Waals surface area contributed by atoms with Gasteiger partial charge < -0.3 is 41.5 Å². The van der Waals surface area contributed by atoms with Crippen molar-refractivity contribution in [2.75, 3.05) is 24.6 Å². The number of carbonyl (C=O) groups excluding carboxylic acids is 7. The average molecular weight is 792 g/mol. The van der Waals surface area contributed by atoms with Gasteiger partial charge in [0.2, 0.25) is 41.4 Å². The Morgan fingerprint density at radius 3 is 2.16 bits per heavy atom. The van der Waals surface area contributed by atoms with E-state index in [0.717, 1.165) is 5.56 Å². The second kappa shape index (κ2) is 18.5. The largest absolute Gasteiger partial charge is 0.508 e. The maximum atomic E-state index is 14.2. The number of phenolic OH excluding ortho intramolecular Hbond substituents is 1. The number of nitrogens with zero attached hydrogens (tertiary/aromatic N) is 2. The number of hydrogen-bond donors (Lipinski definition) is 6. The summed E-state index contributed by atoms with van der Waals surface area (Å²) in [5.74, 6) is -2.98. The van der Waals surface area contributed by atoms with Gasteiger partial charge in [-0.25, -0.2) is 0 Å². The summed E-state index contributed by atoms with van der Waals surface area (Å²) in [4.78, 5) is 98.1. The van der Waals surface area contributed by atoms with Crippen molar-refractivity contribution in [3.8, 4) is 5.75 Å². The van der Waals surface area contributed by atoms with Crippen LogP contribution in [0, 0.1) is 0 Å². The van der Waals surface area contributed by atoms with Crippen molar-refractivity contribution in [3.05, 3.63) is 71.9 Å². The topological polar surface area (TPSA) is 206 Å². The van der Waals surface area contributed by atoms with E-state index in [1.807, 2.05) is 30.3 Å². The van der Waals surface area contributed by atoms with Crippen LogP contribution in [0.1, 0.15) is 49.7 Å². The molecule has 4 fully saturated rings. The molecule has 4 aliphatic heterocycles. The molecule has 15 nitrogen and oxygen atoms in total. The predicted molar refractivity (Wildman–Crippen MR) is 207 cm³/mol. The third-order valence-electron chi connectivity index (χ3n) is 10.1. The van der Waals surface area contributed by atoms with E-state index in [-0.39, 0.29) is 41.9 Å². The summed E-state index contributed by atoms with van der Waals surface area (Å²) in [5, 5.41) is 23.4. The van der Waals surface area contributed by atoms with E-state index in [0.29, 0.717) is 50.8 Å². The lowest BCUT2D eigenvalue weighted by molar-refractivity contribution is -0.148. The fourth-order valence-corrected chi connectivity index (χ4v) is 9.48. The first-order chi connectivity index (χ1) is 26.6. The van der Waals surface area contributed by atoms with E-state index in [9.17, 15) is 38.7 Å². The number of fused-ring (bicyclic) bond motifs is 2. The first-order valence-corrected chi connectivity index (χ1v) is 20.9. The molecule has 4 aliphatic rings. The number of amides is 7. The zero-order valence-electron chi connectivity index (χ0n) is 30.1. The van der Waals surface area contributed by atoms with Gasteiger partial charge in [0.15, 0.2) is 0 Å². The normalized spacial score (nSPS) is 26.8. The van der Waals surface area contributed by atoms with E-state index in [1.54, 1.807) is 18.2 Å². The van der Waals surface area contributed by atoms with E-state index >= 15 is 0 Å². The van der Waals surface area contributed by atoms with Gasteiger partial charge in [-0.3, -0.25) is 33.6 Å². The van der Waals surface area contributed by atoms with Crippen LogP contribution in [0.15, 0.2) is 60.8 Å². The van der Waals surface area contributed by atoms with Crippen LogP contribution in [-0.2, 0) is 40.0 Å². The van der Waals surface area contributed by atoms with Crippen LogP contribution in [-0.4, -0.2) is 117 Å². The van der Waals surface area contributed by atoms with Crippen LogP contribution in [0.2, 0.25) is 0 Å². The van der Waals surface area contributed by atoms with Gasteiger partial charge in [0, 0.05) is 43.6 Å². The lowest BCUT2D eigenvalue weighted by Gasteiger charge is -2.33. The Balaban J connectivity index is 1.27. The minimum absolute atomic E-state index is 0.0516. The third-order valence-corrected chi connectivity index (χ3v) is 12.5. The molecule has 0 saturated carbocycles. The second-order valence-electron chi connectivity index (χ2n) is 13.9. The lowest BCUT2D eigenvalue weighted by atomic mass is 10.0. The second-order valence-corrected chi connectivity index (χ2v) is 16.5. The van der Waals surface area contributed by atoms with Crippen LogP contribution in [0.3, 0.4) is 0 Å². The van der Waals surface area contributed by atoms with Crippen molar-refractivity contribution in [2.24, 2.45) is 0 Å². The molecule has 6 atom stereocenters. The highest BCUT2D eigenvalue weighted by Crippen LogP contribution is 2.29. The maximum absolute atomic E-state index is 14.2. The highest BCUT2D eigenvalue weighted by atomic mass is 33.1. The molecule has 4 saturated heterocycles. The first-order valence-electron chi connectivity index (χ1n) is 18.4. The molecular weight excluding hydrogens is 747 g/mol. The fourth-order valence-electron chi connectivity index (χ4n) is 7.16. The van der Waals surface area contributed by atoms with Crippen LogP contribution in [0.5, 0.6) is 5.75 Å². The standard InChI is InChI=1S/C38H45N7O8S2/c46-25-12-10-23(11-13-25)16-17-39-33(48)28-21-54-55-22-29(43-34(49)26-14-15-32(47)40-26)37(52)45-19-5-9-31(45)38(53)44-18-4-8-30(44)36(51)41-27(35(50)42-28)20-24-6-2-1-3-7-24/h1-3,6-7,10-13,16-17,26-31,46H,4-5,8-9,14-15,18-22H2,(H,39,48)(H,40,47)(H,41,51)(H,42,50)(H,43,49)/b17-16-/t26?,27-,28-,29-,30-,31-/m0/s1. The average Bonchev–Trinajstić information content (AvgIpc) is 3.97.